The Balaban J connectivity index is 2.12. The topological polar surface area (TPSA) is 66.4 Å². The van der Waals surface area contributed by atoms with Crippen LogP contribution in [0.2, 0.25) is 0 Å². The van der Waals surface area contributed by atoms with Crippen LogP contribution in [0, 0.1) is 9.49 Å². The Labute approximate surface area is 142 Å². The quantitative estimate of drug-likeness (QED) is 0.718. The zero-order chi connectivity index (χ0) is 15.9. The molecule has 2 N–H and O–H groups in total. The molecule has 2 aromatic carbocycles. The number of nitrogens with one attached hydrogen (secondary N) is 1. The summed E-state index contributed by atoms with van der Waals surface area (Å²) >= 11 is 2.14. The van der Waals surface area contributed by atoms with Crippen LogP contribution in [0.4, 0.5) is 5.69 Å². The van der Waals surface area contributed by atoms with Crippen molar-refractivity contribution in [2.75, 3.05) is 5.32 Å². The third-order valence-electron chi connectivity index (χ3n) is 3.25. The average molecular weight is 409 g/mol. The molecule has 0 saturated carbocycles. The van der Waals surface area contributed by atoms with Crippen LogP contribution in [0.5, 0.6) is 0 Å². The zero-order valence-corrected chi connectivity index (χ0v) is 14.0. The predicted molar refractivity (Wildman–Crippen MR) is 93.7 cm³/mol. The molecule has 2 aromatic rings. The van der Waals surface area contributed by atoms with E-state index < -0.39 is 11.9 Å². The second kappa shape index (κ2) is 7.93. The lowest BCUT2D eigenvalue weighted by Crippen LogP contribution is -2.27. The van der Waals surface area contributed by atoms with Gasteiger partial charge in [0.2, 0.25) is 5.91 Å². The molecule has 0 fully saturated rings. The minimum atomic E-state index is -0.973. The summed E-state index contributed by atoms with van der Waals surface area (Å²) in [6.45, 7) is 0. The van der Waals surface area contributed by atoms with Crippen molar-refractivity contribution in [2.45, 2.75) is 12.8 Å². The normalized spacial score (nSPS) is 11.7. The number of hydrogen-bond donors (Lipinski definition) is 2. The fraction of sp³-hybridized carbons (Fsp3) is 0.176. The summed E-state index contributed by atoms with van der Waals surface area (Å²) in [5, 5.41) is 11.9. The van der Waals surface area contributed by atoms with E-state index in [1.165, 1.54) is 0 Å². The third kappa shape index (κ3) is 4.84. The molecular formula is C17H16INO3. The molecule has 0 aliphatic carbocycles. The Morgan fingerprint density at radius 2 is 1.68 bits per heavy atom. The third-order valence-corrected chi connectivity index (χ3v) is 4.19. The minimum absolute atomic E-state index is 0.190. The van der Waals surface area contributed by atoms with Crippen LogP contribution in [0.25, 0.3) is 0 Å². The van der Waals surface area contributed by atoms with Gasteiger partial charge in [0.25, 0.3) is 0 Å². The van der Waals surface area contributed by atoms with E-state index in [2.05, 4.69) is 27.9 Å². The summed E-state index contributed by atoms with van der Waals surface area (Å²) in [7, 11) is 0. The standard InChI is InChI=1S/C17H16INO3/c18-14-8-4-5-9-15(14)19-17(22)13(11-16(20)21)10-12-6-2-1-3-7-12/h1-9,13H,10-11H2,(H,19,22)(H,20,21). The smallest absolute Gasteiger partial charge is 0.304 e. The van der Waals surface area contributed by atoms with Crippen LogP contribution in [0.15, 0.2) is 54.6 Å². The number of carboxylic acid groups (broad SMARTS) is 1. The molecule has 1 atom stereocenters. The van der Waals surface area contributed by atoms with Crippen molar-refractivity contribution in [3.05, 3.63) is 63.7 Å². The summed E-state index contributed by atoms with van der Waals surface area (Å²) in [5.41, 5.74) is 1.66. The van der Waals surface area contributed by atoms with Gasteiger partial charge in [-0.15, -0.1) is 0 Å². The van der Waals surface area contributed by atoms with Crippen LogP contribution in [0.3, 0.4) is 0 Å². The van der Waals surface area contributed by atoms with Gasteiger partial charge in [0.1, 0.15) is 0 Å². The number of rotatable bonds is 6. The van der Waals surface area contributed by atoms with Gasteiger partial charge in [-0.05, 0) is 46.7 Å². The molecule has 1 amide bonds. The van der Waals surface area contributed by atoms with E-state index in [1.54, 1.807) is 6.07 Å². The fourth-order valence-electron chi connectivity index (χ4n) is 2.16. The number of carboxylic acids is 1. The second-order valence-corrected chi connectivity index (χ2v) is 6.12. The van der Waals surface area contributed by atoms with Crippen molar-refractivity contribution < 1.29 is 14.7 Å². The Bertz CT molecular complexity index is 658. The maximum atomic E-state index is 12.4. The Kier molecular flexibility index (Phi) is 5.94. The number of anilines is 1. The van der Waals surface area contributed by atoms with Gasteiger partial charge in [-0.2, -0.15) is 0 Å². The Morgan fingerprint density at radius 3 is 2.32 bits per heavy atom. The van der Waals surface area contributed by atoms with Crippen LogP contribution < -0.4 is 5.32 Å². The number of amides is 1. The lowest BCUT2D eigenvalue weighted by atomic mass is 9.95. The van der Waals surface area contributed by atoms with Gasteiger partial charge in [0, 0.05) is 3.57 Å². The van der Waals surface area contributed by atoms with Crippen molar-refractivity contribution in [3.63, 3.8) is 0 Å². The number of benzene rings is 2. The van der Waals surface area contributed by atoms with Gasteiger partial charge in [-0.3, -0.25) is 9.59 Å². The molecule has 0 saturated heterocycles. The highest BCUT2D eigenvalue weighted by molar-refractivity contribution is 14.1. The number of hydrogen-bond acceptors (Lipinski definition) is 2. The van der Waals surface area contributed by atoms with Crippen molar-refractivity contribution >= 4 is 40.2 Å². The highest BCUT2D eigenvalue weighted by Crippen LogP contribution is 2.20. The van der Waals surface area contributed by atoms with Crippen molar-refractivity contribution in [1.82, 2.24) is 0 Å². The first kappa shape index (κ1) is 16.5. The number of para-hydroxylation sites is 1. The minimum Gasteiger partial charge on any atom is -0.481 e. The second-order valence-electron chi connectivity index (χ2n) is 4.95. The largest absolute Gasteiger partial charge is 0.481 e. The molecule has 1 unspecified atom stereocenters. The monoisotopic (exact) mass is 409 g/mol. The maximum Gasteiger partial charge on any atom is 0.304 e. The van der Waals surface area contributed by atoms with Crippen molar-refractivity contribution in [1.29, 1.82) is 0 Å². The number of carbonyl (C=O) groups excluding carboxylic acids is 1. The zero-order valence-electron chi connectivity index (χ0n) is 11.8. The van der Waals surface area contributed by atoms with E-state index in [0.717, 1.165) is 9.13 Å². The van der Waals surface area contributed by atoms with E-state index in [0.29, 0.717) is 12.1 Å². The molecular weight excluding hydrogens is 393 g/mol. The molecule has 0 heterocycles. The number of halogens is 1. The lowest BCUT2D eigenvalue weighted by molar-refractivity contribution is -0.140. The molecule has 0 aromatic heterocycles. The lowest BCUT2D eigenvalue weighted by Gasteiger charge is -2.16. The summed E-state index contributed by atoms with van der Waals surface area (Å²) in [5.74, 6) is -1.84. The fourth-order valence-corrected chi connectivity index (χ4v) is 2.69. The van der Waals surface area contributed by atoms with Gasteiger partial charge >= 0.3 is 5.97 Å². The molecule has 2 rings (SSSR count). The molecule has 22 heavy (non-hydrogen) atoms. The van der Waals surface area contributed by atoms with Gasteiger partial charge in [0.05, 0.1) is 18.0 Å². The predicted octanol–water partition coefficient (Wildman–Crippen LogP) is 3.56. The Morgan fingerprint density at radius 1 is 1.05 bits per heavy atom. The molecule has 5 heteroatoms. The first-order chi connectivity index (χ1) is 10.6. The van der Waals surface area contributed by atoms with Crippen molar-refractivity contribution in [2.24, 2.45) is 5.92 Å². The van der Waals surface area contributed by atoms with Gasteiger partial charge in [-0.1, -0.05) is 42.5 Å². The first-order valence-corrected chi connectivity index (χ1v) is 7.95. The number of aliphatic carboxylic acids is 1. The summed E-state index contributed by atoms with van der Waals surface area (Å²) in [4.78, 5) is 23.5. The highest BCUT2D eigenvalue weighted by atomic mass is 127. The summed E-state index contributed by atoms with van der Waals surface area (Å²) in [6, 6.07) is 16.9. The number of carbonyl (C=O) groups is 2. The van der Waals surface area contributed by atoms with E-state index in [1.807, 2.05) is 48.5 Å². The van der Waals surface area contributed by atoms with E-state index in [-0.39, 0.29) is 12.3 Å². The summed E-state index contributed by atoms with van der Waals surface area (Å²) < 4.78 is 0.919. The molecule has 114 valence electrons. The molecule has 0 bridgehead atoms. The summed E-state index contributed by atoms with van der Waals surface area (Å²) in [6.07, 6.45) is 0.215. The first-order valence-electron chi connectivity index (χ1n) is 6.87. The highest BCUT2D eigenvalue weighted by Gasteiger charge is 2.22. The van der Waals surface area contributed by atoms with Gasteiger partial charge < -0.3 is 10.4 Å². The molecule has 0 aliphatic heterocycles. The molecule has 0 spiro atoms. The van der Waals surface area contributed by atoms with Gasteiger partial charge in [0.15, 0.2) is 0 Å². The molecule has 0 aliphatic rings. The van der Waals surface area contributed by atoms with Gasteiger partial charge in [-0.25, -0.2) is 0 Å². The van der Waals surface area contributed by atoms with Crippen LogP contribution in [0.1, 0.15) is 12.0 Å². The van der Waals surface area contributed by atoms with E-state index in [4.69, 9.17) is 5.11 Å². The van der Waals surface area contributed by atoms with Crippen LogP contribution >= 0.6 is 22.6 Å². The van der Waals surface area contributed by atoms with E-state index >= 15 is 0 Å². The van der Waals surface area contributed by atoms with Crippen LogP contribution in [-0.2, 0) is 16.0 Å². The molecule has 4 nitrogen and oxygen atoms in total. The van der Waals surface area contributed by atoms with Crippen molar-refractivity contribution in [3.8, 4) is 0 Å². The SMILES string of the molecule is O=C(O)CC(Cc1ccccc1)C(=O)Nc1ccccc1I. The average Bonchev–Trinajstić information content (AvgIpc) is 2.49. The van der Waals surface area contributed by atoms with Crippen LogP contribution in [-0.4, -0.2) is 17.0 Å². The molecule has 0 radical (unpaired) electrons. The Hall–Kier alpha value is -1.89. The van der Waals surface area contributed by atoms with E-state index in [9.17, 15) is 9.59 Å². The maximum absolute atomic E-state index is 12.4.